The standard InChI is InChI=1S/C16H17ClN6O2/c17-11-3-2-10(8-13(11)21-7-4-19-16(21)25)15(24)22-5-1-6-23-14(22)12(18)9-20-23/h2-3,8-9H,1,4-7,18H2,(H,19,25). The van der Waals surface area contributed by atoms with Crippen LogP contribution in [-0.4, -0.2) is 41.4 Å². The second-order valence-electron chi connectivity index (χ2n) is 6.01. The molecule has 3 N–H and O–H groups in total. The summed E-state index contributed by atoms with van der Waals surface area (Å²) in [6.45, 7) is 2.36. The smallest absolute Gasteiger partial charge is 0.322 e. The maximum atomic E-state index is 13.0. The number of rotatable bonds is 2. The van der Waals surface area contributed by atoms with E-state index in [9.17, 15) is 9.59 Å². The fourth-order valence-electron chi connectivity index (χ4n) is 3.24. The average molecular weight is 361 g/mol. The first-order valence-electron chi connectivity index (χ1n) is 8.04. The topological polar surface area (TPSA) is 96.5 Å². The van der Waals surface area contributed by atoms with Crippen LogP contribution >= 0.6 is 11.6 Å². The largest absolute Gasteiger partial charge is 0.394 e. The maximum absolute atomic E-state index is 13.0. The highest BCUT2D eigenvalue weighted by Crippen LogP contribution is 2.32. The van der Waals surface area contributed by atoms with Crippen molar-refractivity contribution in [1.29, 1.82) is 0 Å². The van der Waals surface area contributed by atoms with Gasteiger partial charge in [0, 0.05) is 31.7 Å². The fourth-order valence-corrected chi connectivity index (χ4v) is 3.46. The van der Waals surface area contributed by atoms with Gasteiger partial charge in [0.25, 0.3) is 5.91 Å². The number of aryl methyl sites for hydroxylation is 1. The number of nitrogens with one attached hydrogen (secondary N) is 1. The van der Waals surface area contributed by atoms with Gasteiger partial charge in [-0.05, 0) is 24.6 Å². The highest BCUT2D eigenvalue weighted by Gasteiger charge is 2.29. The SMILES string of the molecule is Nc1cnn2c1N(C(=O)c1ccc(Cl)c(N3CCNC3=O)c1)CCC2. The molecule has 1 fully saturated rings. The lowest BCUT2D eigenvalue weighted by Crippen LogP contribution is -2.38. The minimum atomic E-state index is -0.216. The lowest BCUT2D eigenvalue weighted by molar-refractivity contribution is 0.0981. The van der Waals surface area contributed by atoms with Crippen molar-refractivity contribution in [2.24, 2.45) is 0 Å². The van der Waals surface area contributed by atoms with Gasteiger partial charge in [0.2, 0.25) is 0 Å². The number of amides is 3. The number of anilines is 3. The summed E-state index contributed by atoms with van der Waals surface area (Å²) in [6, 6.07) is 4.74. The molecule has 0 radical (unpaired) electrons. The normalized spacial score (nSPS) is 16.8. The number of urea groups is 1. The minimum Gasteiger partial charge on any atom is -0.394 e. The van der Waals surface area contributed by atoms with Crippen LogP contribution in [-0.2, 0) is 6.54 Å². The van der Waals surface area contributed by atoms with Crippen molar-refractivity contribution >= 4 is 40.7 Å². The summed E-state index contributed by atoms with van der Waals surface area (Å²) < 4.78 is 1.74. The molecule has 2 aromatic rings. The van der Waals surface area contributed by atoms with Crippen molar-refractivity contribution in [3.8, 4) is 0 Å². The number of hydrogen-bond acceptors (Lipinski definition) is 4. The summed E-state index contributed by atoms with van der Waals surface area (Å²) in [4.78, 5) is 28.1. The molecular weight excluding hydrogens is 344 g/mol. The van der Waals surface area contributed by atoms with Gasteiger partial charge in [0.15, 0.2) is 5.82 Å². The Labute approximate surface area is 149 Å². The molecule has 8 nitrogen and oxygen atoms in total. The van der Waals surface area contributed by atoms with E-state index in [1.165, 1.54) is 4.90 Å². The summed E-state index contributed by atoms with van der Waals surface area (Å²) in [6.07, 6.45) is 2.36. The Balaban J connectivity index is 1.70. The number of nitrogens with two attached hydrogens (primary N) is 1. The number of carbonyl (C=O) groups excluding carboxylic acids is 2. The first kappa shape index (κ1) is 15.8. The van der Waals surface area contributed by atoms with E-state index < -0.39 is 0 Å². The molecule has 3 heterocycles. The van der Waals surface area contributed by atoms with Gasteiger partial charge in [-0.25, -0.2) is 9.48 Å². The Bertz CT molecular complexity index is 864. The van der Waals surface area contributed by atoms with E-state index in [1.807, 2.05) is 0 Å². The van der Waals surface area contributed by atoms with Crippen LogP contribution in [0.2, 0.25) is 5.02 Å². The zero-order valence-electron chi connectivity index (χ0n) is 13.4. The van der Waals surface area contributed by atoms with Crippen LogP contribution in [0.25, 0.3) is 0 Å². The first-order chi connectivity index (χ1) is 12.1. The summed E-state index contributed by atoms with van der Waals surface area (Å²) in [7, 11) is 0. The van der Waals surface area contributed by atoms with Crippen molar-refractivity contribution < 1.29 is 9.59 Å². The van der Waals surface area contributed by atoms with Gasteiger partial charge in [0.05, 0.1) is 22.6 Å². The van der Waals surface area contributed by atoms with Gasteiger partial charge in [0.1, 0.15) is 0 Å². The number of halogens is 1. The molecule has 0 saturated carbocycles. The van der Waals surface area contributed by atoms with E-state index in [0.717, 1.165) is 13.0 Å². The highest BCUT2D eigenvalue weighted by atomic mass is 35.5. The van der Waals surface area contributed by atoms with Crippen LogP contribution in [0.1, 0.15) is 16.8 Å². The van der Waals surface area contributed by atoms with Gasteiger partial charge in [-0.15, -0.1) is 0 Å². The van der Waals surface area contributed by atoms with Gasteiger partial charge in [-0.1, -0.05) is 11.6 Å². The molecule has 9 heteroatoms. The molecule has 1 saturated heterocycles. The number of nitrogens with zero attached hydrogens (tertiary/aromatic N) is 4. The van der Waals surface area contributed by atoms with Crippen LogP contribution in [0.5, 0.6) is 0 Å². The average Bonchev–Trinajstić information content (AvgIpc) is 3.21. The zero-order valence-corrected chi connectivity index (χ0v) is 14.2. The molecule has 130 valence electrons. The molecule has 25 heavy (non-hydrogen) atoms. The number of aromatic nitrogens is 2. The van der Waals surface area contributed by atoms with Crippen molar-refractivity contribution in [1.82, 2.24) is 15.1 Å². The van der Waals surface area contributed by atoms with E-state index in [-0.39, 0.29) is 11.9 Å². The molecule has 0 aliphatic carbocycles. The van der Waals surface area contributed by atoms with Crippen LogP contribution in [0, 0.1) is 0 Å². The quantitative estimate of drug-likeness (QED) is 0.851. The van der Waals surface area contributed by atoms with E-state index >= 15 is 0 Å². The summed E-state index contributed by atoms with van der Waals surface area (Å²) in [5, 5.41) is 7.36. The van der Waals surface area contributed by atoms with Gasteiger partial charge < -0.3 is 11.1 Å². The molecule has 2 aliphatic rings. The van der Waals surface area contributed by atoms with Crippen molar-refractivity contribution in [2.75, 3.05) is 35.2 Å². The summed E-state index contributed by atoms with van der Waals surface area (Å²) in [5.74, 6) is 0.428. The second kappa shape index (κ2) is 5.96. The lowest BCUT2D eigenvalue weighted by atomic mass is 10.1. The molecule has 0 spiro atoms. The Morgan fingerprint density at radius 1 is 1.28 bits per heavy atom. The Morgan fingerprint density at radius 3 is 2.88 bits per heavy atom. The Hall–Kier alpha value is -2.74. The fraction of sp³-hybridized carbons (Fsp3) is 0.312. The van der Waals surface area contributed by atoms with E-state index in [4.69, 9.17) is 17.3 Å². The van der Waals surface area contributed by atoms with Gasteiger partial charge in [-0.3, -0.25) is 14.6 Å². The second-order valence-corrected chi connectivity index (χ2v) is 6.41. The lowest BCUT2D eigenvalue weighted by Gasteiger charge is -2.28. The molecule has 4 rings (SSSR count). The van der Waals surface area contributed by atoms with E-state index in [1.54, 1.807) is 34.0 Å². The molecular formula is C16H17ClN6O2. The predicted molar refractivity (Wildman–Crippen MR) is 95.1 cm³/mol. The molecule has 0 bridgehead atoms. The van der Waals surface area contributed by atoms with Gasteiger partial charge in [-0.2, -0.15) is 5.10 Å². The Kier molecular flexibility index (Phi) is 3.76. The monoisotopic (exact) mass is 360 g/mol. The third-order valence-electron chi connectivity index (χ3n) is 4.43. The van der Waals surface area contributed by atoms with Crippen LogP contribution in [0.3, 0.4) is 0 Å². The van der Waals surface area contributed by atoms with Crippen molar-refractivity contribution in [3.05, 3.63) is 35.0 Å². The van der Waals surface area contributed by atoms with Crippen LogP contribution < -0.4 is 20.9 Å². The highest BCUT2D eigenvalue weighted by molar-refractivity contribution is 6.34. The molecule has 1 aromatic heterocycles. The maximum Gasteiger partial charge on any atom is 0.322 e. The minimum absolute atomic E-state index is 0.189. The predicted octanol–water partition coefficient (Wildman–Crippen LogP) is 1.70. The van der Waals surface area contributed by atoms with Gasteiger partial charge >= 0.3 is 6.03 Å². The molecule has 2 aliphatic heterocycles. The number of nitrogen functional groups attached to an aromatic ring is 1. The number of fused-ring (bicyclic) bond motifs is 1. The zero-order chi connectivity index (χ0) is 17.6. The van der Waals surface area contributed by atoms with E-state index in [0.29, 0.717) is 47.4 Å². The van der Waals surface area contributed by atoms with E-state index in [2.05, 4.69) is 10.4 Å². The molecule has 0 unspecified atom stereocenters. The van der Waals surface area contributed by atoms with Crippen molar-refractivity contribution in [2.45, 2.75) is 13.0 Å². The first-order valence-corrected chi connectivity index (χ1v) is 8.42. The molecule has 3 amide bonds. The third kappa shape index (κ3) is 2.58. The summed E-state index contributed by atoms with van der Waals surface area (Å²) in [5.41, 5.74) is 7.43. The third-order valence-corrected chi connectivity index (χ3v) is 4.75. The molecule has 1 aromatic carbocycles. The number of hydrogen-bond donors (Lipinski definition) is 2. The van der Waals surface area contributed by atoms with Crippen LogP contribution in [0.15, 0.2) is 24.4 Å². The molecule has 0 atom stereocenters. The number of carbonyl (C=O) groups is 2. The number of benzene rings is 1. The van der Waals surface area contributed by atoms with Crippen molar-refractivity contribution in [3.63, 3.8) is 0 Å². The summed E-state index contributed by atoms with van der Waals surface area (Å²) >= 11 is 6.24. The van der Waals surface area contributed by atoms with Crippen LogP contribution in [0.4, 0.5) is 22.0 Å². The Morgan fingerprint density at radius 2 is 2.12 bits per heavy atom.